The highest BCUT2D eigenvalue weighted by molar-refractivity contribution is 9.10. The molecule has 1 aliphatic rings. The molecular formula is C23H24BrN3O3. The molecule has 1 saturated heterocycles. The van der Waals surface area contributed by atoms with E-state index in [1.165, 1.54) is 0 Å². The van der Waals surface area contributed by atoms with Gasteiger partial charge in [0.1, 0.15) is 5.60 Å². The van der Waals surface area contributed by atoms with Crippen LogP contribution in [0.5, 0.6) is 0 Å². The molecule has 2 amide bonds. The molecule has 0 bridgehead atoms. The Morgan fingerprint density at radius 1 is 1.17 bits per heavy atom. The maximum Gasteiger partial charge on any atom is 0.410 e. The van der Waals surface area contributed by atoms with Gasteiger partial charge in [-0.25, -0.2) is 4.79 Å². The van der Waals surface area contributed by atoms with E-state index in [-0.39, 0.29) is 18.4 Å². The van der Waals surface area contributed by atoms with Crippen LogP contribution in [0.1, 0.15) is 37.8 Å². The zero-order valence-electron chi connectivity index (χ0n) is 17.2. The monoisotopic (exact) mass is 469 g/mol. The Morgan fingerprint density at radius 2 is 1.90 bits per heavy atom. The van der Waals surface area contributed by atoms with Gasteiger partial charge in [0.05, 0.1) is 17.6 Å². The zero-order chi connectivity index (χ0) is 21.9. The van der Waals surface area contributed by atoms with Crippen LogP contribution in [0.3, 0.4) is 0 Å². The number of anilines is 1. The van der Waals surface area contributed by atoms with Gasteiger partial charge < -0.3 is 15.0 Å². The number of carbonyl (C=O) groups excluding carboxylic acids is 2. The predicted octanol–water partition coefficient (Wildman–Crippen LogP) is 4.91. The van der Waals surface area contributed by atoms with Crippen molar-refractivity contribution in [3.8, 4) is 6.07 Å². The number of rotatable bonds is 3. The van der Waals surface area contributed by atoms with Gasteiger partial charge in [-0.3, -0.25) is 4.79 Å². The molecule has 0 aromatic heterocycles. The molecule has 0 radical (unpaired) electrons. The van der Waals surface area contributed by atoms with Crippen LogP contribution in [0.25, 0.3) is 0 Å². The number of carbonyl (C=O) groups is 2. The zero-order valence-corrected chi connectivity index (χ0v) is 18.8. The molecule has 0 unspecified atom stereocenters. The molecule has 1 aliphatic heterocycles. The Balaban J connectivity index is 1.85. The first-order valence-corrected chi connectivity index (χ1v) is 10.5. The summed E-state index contributed by atoms with van der Waals surface area (Å²) in [4.78, 5) is 27.4. The fourth-order valence-electron chi connectivity index (χ4n) is 3.52. The summed E-state index contributed by atoms with van der Waals surface area (Å²) in [6.45, 7) is 6.11. The normalized spacial score (nSPS) is 18.6. The Morgan fingerprint density at radius 3 is 2.57 bits per heavy atom. The lowest BCUT2D eigenvalue weighted by atomic mass is 9.88. The highest BCUT2D eigenvalue weighted by Crippen LogP contribution is 2.35. The minimum atomic E-state index is -0.611. The van der Waals surface area contributed by atoms with Crippen molar-refractivity contribution in [2.45, 2.75) is 32.3 Å². The van der Waals surface area contributed by atoms with Gasteiger partial charge in [-0.15, -0.1) is 0 Å². The molecule has 1 N–H and O–H groups in total. The van der Waals surface area contributed by atoms with E-state index >= 15 is 0 Å². The lowest BCUT2D eigenvalue weighted by Crippen LogP contribution is -2.36. The summed E-state index contributed by atoms with van der Waals surface area (Å²) in [6, 6.07) is 16.6. The Bertz CT molecular complexity index is 994. The molecule has 0 saturated carbocycles. The lowest BCUT2D eigenvalue weighted by Gasteiger charge is -2.24. The number of benzene rings is 2. The second-order valence-corrected chi connectivity index (χ2v) is 9.25. The Hall–Kier alpha value is -2.85. The van der Waals surface area contributed by atoms with E-state index in [0.717, 1.165) is 10.0 Å². The number of hydrogen-bond donors (Lipinski definition) is 1. The van der Waals surface area contributed by atoms with Gasteiger partial charge >= 0.3 is 6.09 Å². The second-order valence-electron chi connectivity index (χ2n) is 8.34. The van der Waals surface area contributed by atoms with Crippen molar-refractivity contribution >= 4 is 33.6 Å². The third-order valence-electron chi connectivity index (χ3n) is 4.84. The van der Waals surface area contributed by atoms with Crippen molar-refractivity contribution in [3.63, 3.8) is 0 Å². The molecule has 2 atom stereocenters. The first-order valence-electron chi connectivity index (χ1n) is 9.71. The standard InChI is InChI=1S/C23H24BrN3O3/c1-23(2,3)30-22(29)27-13-19(16-7-5-8-17(24)11-16)20(14-27)21(28)26-18-9-4-6-15(10-18)12-25/h4-11,19-20H,13-14H2,1-3H3,(H,26,28)/t19-,20+/m0/s1. The number of nitrogens with one attached hydrogen (secondary N) is 1. The number of amides is 2. The van der Waals surface area contributed by atoms with Crippen LogP contribution in [0.15, 0.2) is 53.0 Å². The highest BCUT2D eigenvalue weighted by Gasteiger charge is 2.41. The van der Waals surface area contributed by atoms with Crippen LogP contribution < -0.4 is 5.32 Å². The summed E-state index contributed by atoms with van der Waals surface area (Å²) in [5.74, 6) is -0.812. The van der Waals surface area contributed by atoms with Gasteiger partial charge in [0.25, 0.3) is 0 Å². The van der Waals surface area contributed by atoms with Crippen LogP contribution in [0.4, 0.5) is 10.5 Å². The summed E-state index contributed by atoms with van der Waals surface area (Å²) in [5.41, 5.74) is 1.39. The first-order chi connectivity index (χ1) is 14.2. The second kappa shape index (κ2) is 8.88. The van der Waals surface area contributed by atoms with Gasteiger partial charge in [-0.1, -0.05) is 34.1 Å². The summed E-state index contributed by atoms with van der Waals surface area (Å²) in [5, 5.41) is 12.0. The molecular weight excluding hydrogens is 446 g/mol. The lowest BCUT2D eigenvalue weighted by molar-refractivity contribution is -0.119. The van der Waals surface area contributed by atoms with E-state index in [1.807, 2.05) is 45.0 Å². The van der Waals surface area contributed by atoms with Crippen molar-refractivity contribution in [3.05, 3.63) is 64.1 Å². The van der Waals surface area contributed by atoms with Crippen LogP contribution in [-0.2, 0) is 9.53 Å². The smallest absolute Gasteiger partial charge is 0.410 e. The van der Waals surface area contributed by atoms with E-state index in [9.17, 15) is 9.59 Å². The number of ether oxygens (including phenoxy) is 1. The van der Waals surface area contributed by atoms with E-state index in [1.54, 1.807) is 29.2 Å². The third kappa shape index (κ3) is 5.39. The van der Waals surface area contributed by atoms with Crippen LogP contribution in [-0.4, -0.2) is 35.6 Å². The Labute approximate surface area is 185 Å². The molecule has 1 fully saturated rings. The predicted molar refractivity (Wildman–Crippen MR) is 118 cm³/mol. The number of likely N-dealkylation sites (tertiary alicyclic amines) is 1. The quantitative estimate of drug-likeness (QED) is 0.691. The topological polar surface area (TPSA) is 82.4 Å². The summed E-state index contributed by atoms with van der Waals surface area (Å²) >= 11 is 3.48. The first kappa shape index (κ1) is 21.8. The van der Waals surface area contributed by atoms with E-state index in [0.29, 0.717) is 17.8 Å². The summed E-state index contributed by atoms with van der Waals surface area (Å²) in [7, 11) is 0. The Kier molecular flexibility index (Phi) is 6.47. The van der Waals surface area contributed by atoms with Crippen molar-refractivity contribution < 1.29 is 14.3 Å². The van der Waals surface area contributed by atoms with Gasteiger partial charge in [0.2, 0.25) is 5.91 Å². The SMILES string of the molecule is CC(C)(C)OC(=O)N1C[C@@H](C(=O)Nc2cccc(C#N)c2)[C@H](c2cccc(Br)c2)C1. The van der Waals surface area contributed by atoms with Gasteiger partial charge in [0.15, 0.2) is 0 Å². The van der Waals surface area contributed by atoms with E-state index < -0.39 is 17.6 Å². The van der Waals surface area contributed by atoms with Crippen molar-refractivity contribution in [2.75, 3.05) is 18.4 Å². The van der Waals surface area contributed by atoms with Crippen LogP contribution >= 0.6 is 15.9 Å². The van der Waals surface area contributed by atoms with Gasteiger partial charge in [0, 0.05) is 29.2 Å². The van der Waals surface area contributed by atoms with Gasteiger partial charge in [-0.2, -0.15) is 5.26 Å². The van der Waals surface area contributed by atoms with E-state index in [4.69, 9.17) is 10.00 Å². The van der Waals surface area contributed by atoms with Crippen molar-refractivity contribution in [2.24, 2.45) is 5.92 Å². The fourth-order valence-corrected chi connectivity index (χ4v) is 3.94. The molecule has 30 heavy (non-hydrogen) atoms. The average molecular weight is 470 g/mol. The molecule has 156 valence electrons. The maximum absolute atomic E-state index is 13.2. The maximum atomic E-state index is 13.2. The number of nitriles is 1. The molecule has 0 aliphatic carbocycles. The highest BCUT2D eigenvalue weighted by atomic mass is 79.9. The van der Waals surface area contributed by atoms with Crippen molar-refractivity contribution in [1.82, 2.24) is 4.90 Å². The van der Waals surface area contributed by atoms with Crippen molar-refractivity contribution in [1.29, 1.82) is 5.26 Å². The minimum absolute atomic E-state index is 0.172. The largest absolute Gasteiger partial charge is 0.444 e. The number of halogens is 1. The summed E-state index contributed by atoms with van der Waals surface area (Å²) < 4.78 is 6.43. The number of hydrogen-bond acceptors (Lipinski definition) is 4. The molecule has 7 heteroatoms. The fraction of sp³-hybridized carbons (Fsp3) is 0.348. The average Bonchev–Trinajstić information content (AvgIpc) is 3.13. The minimum Gasteiger partial charge on any atom is -0.444 e. The van der Waals surface area contributed by atoms with Crippen LogP contribution in [0.2, 0.25) is 0 Å². The molecule has 3 rings (SSSR count). The summed E-state index contributed by atoms with van der Waals surface area (Å²) in [6.07, 6.45) is -0.427. The number of nitrogens with zero attached hydrogens (tertiary/aromatic N) is 2. The molecule has 2 aromatic rings. The molecule has 6 nitrogen and oxygen atoms in total. The molecule has 2 aromatic carbocycles. The van der Waals surface area contributed by atoms with Crippen LogP contribution in [0, 0.1) is 17.2 Å². The molecule has 0 spiro atoms. The van der Waals surface area contributed by atoms with Gasteiger partial charge in [-0.05, 0) is 56.7 Å². The third-order valence-corrected chi connectivity index (χ3v) is 5.34. The molecule has 1 heterocycles. The van der Waals surface area contributed by atoms with E-state index in [2.05, 4.69) is 27.3 Å².